The zero-order chi connectivity index (χ0) is 16.2. The number of rotatable bonds is 4. The van der Waals surface area contributed by atoms with Crippen LogP contribution < -0.4 is 0 Å². The van der Waals surface area contributed by atoms with Crippen molar-refractivity contribution in [1.29, 1.82) is 0 Å². The molecular formula is C18H24N4O. The quantitative estimate of drug-likeness (QED) is 0.869. The summed E-state index contributed by atoms with van der Waals surface area (Å²) in [6.07, 6.45) is 5.61. The van der Waals surface area contributed by atoms with Crippen molar-refractivity contribution in [1.82, 2.24) is 19.6 Å². The van der Waals surface area contributed by atoms with Crippen molar-refractivity contribution in [2.45, 2.75) is 25.4 Å². The summed E-state index contributed by atoms with van der Waals surface area (Å²) in [7, 11) is 3.74. The Labute approximate surface area is 137 Å². The molecule has 0 spiro atoms. The molecule has 122 valence electrons. The highest BCUT2D eigenvalue weighted by molar-refractivity contribution is 5.93. The molecule has 1 amide bonds. The van der Waals surface area contributed by atoms with Gasteiger partial charge in [0.25, 0.3) is 5.91 Å². The molecule has 2 aromatic rings. The van der Waals surface area contributed by atoms with Crippen molar-refractivity contribution in [3.05, 3.63) is 53.9 Å². The first kappa shape index (κ1) is 15.7. The second-order valence-electron chi connectivity index (χ2n) is 6.34. The highest BCUT2D eigenvalue weighted by Gasteiger charge is 2.27. The maximum Gasteiger partial charge on any atom is 0.257 e. The van der Waals surface area contributed by atoms with Gasteiger partial charge in [-0.2, -0.15) is 5.10 Å². The summed E-state index contributed by atoms with van der Waals surface area (Å²) in [6.45, 7) is 2.98. The molecule has 3 rings (SSSR count). The van der Waals surface area contributed by atoms with Crippen LogP contribution in [0.15, 0.2) is 42.7 Å². The summed E-state index contributed by atoms with van der Waals surface area (Å²) in [5.41, 5.74) is 1.99. The van der Waals surface area contributed by atoms with Crippen LogP contribution in [0, 0.1) is 0 Å². The minimum absolute atomic E-state index is 0.0599. The van der Waals surface area contributed by atoms with Crippen LogP contribution in [0.1, 0.15) is 28.8 Å². The van der Waals surface area contributed by atoms with E-state index in [9.17, 15) is 4.79 Å². The Bertz CT molecular complexity index is 652. The van der Waals surface area contributed by atoms with Crippen LogP contribution in [0.2, 0.25) is 0 Å². The van der Waals surface area contributed by atoms with E-state index in [0.29, 0.717) is 5.56 Å². The molecule has 0 radical (unpaired) electrons. The number of aryl methyl sites for hydroxylation is 1. The number of aromatic nitrogens is 2. The zero-order valence-corrected chi connectivity index (χ0v) is 13.9. The highest BCUT2D eigenvalue weighted by Crippen LogP contribution is 2.18. The normalized spacial score (nSPS) is 18.8. The molecule has 1 fully saturated rings. The van der Waals surface area contributed by atoms with Gasteiger partial charge in [-0.3, -0.25) is 14.4 Å². The van der Waals surface area contributed by atoms with Gasteiger partial charge in [0.1, 0.15) is 0 Å². The second-order valence-corrected chi connectivity index (χ2v) is 6.34. The van der Waals surface area contributed by atoms with Crippen molar-refractivity contribution >= 4 is 5.91 Å². The molecule has 5 heteroatoms. The van der Waals surface area contributed by atoms with Crippen molar-refractivity contribution in [2.24, 2.45) is 7.05 Å². The zero-order valence-electron chi connectivity index (χ0n) is 13.9. The van der Waals surface area contributed by atoms with E-state index in [4.69, 9.17) is 0 Å². The molecule has 5 nitrogen and oxygen atoms in total. The third-order valence-corrected chi connectivity index (χ3v) is 4.55. The van der Waals surface area contributed by atoms with E-state index in [1.165, 1.54) is 5.56 Å². The SMILES string of the molecule is CN(C(=O)c1cnn(C)c1)C1CCCN(Cc2ccccc2)C1. The number of nitrogens with zero attached hydrogens (tertiary/aromatic N) is 4. The van der Waals surface area contributed by atoms with Crippen LogP contribution >= 0.6 is 0 Å². The predicted octanol–water partition coefficient (Wildman–Crippen LogP) is 2.16. The number of likely N-dealkylation sites (tertiary alicyclic amines) is 1. The number of piperidine rings is 1. The fourth-order valence-corrected chi connectivity index (χ4v) is 3.23. The van der Waals surface area contributed by atoms with Crippen molar-refractivity contribution in [3.8, 4) is 0 Å². The summed E-state index contributed by atoms with van der Waals surface area (Å²) in [5, 5.41) is 4.09. The molecule has 0 N–H and O–H groups in total. The average Bonchev–Trinajstić information content (AvgIpc) is 3.01. The maximum atomic E-state index is 12.6. The first-order valence-electron chi connectivity index (χ1n) is 8.15. The molecule has 1 aliphatic heterocycles. The van der Waals surface area contributed by atoms with Crippen LogP contribution in [0.25, 0.3) is 0 Å². The van der Waals surface area contributed by atoms with Crippen LogP contribution in [0.3, 0.4) is 0 Å². The van der Waals surface area contributed by atoms with E-state index in [1.54, 1.807) is 17.1 Å². The van der Waals surface area contributed by atoms with Crippen LogP contribution in [0.5, 0.6) is 0 Å². The monoisotopic (exact) mass is 312 g/mol. The number of carbonyl (C=O) groups is 1. The van der Waals surface area contributed by atoms with Gasteiger partial charge < -0.3 is 4.90 Å². The molecule has 0 saturated carbocycles. The summed E-state index contributed by atoms with van der Waals surface area (Å²) < 4.78 is 1.67. The molecule has 2 heterocycles. The molecule has 1 atom stereocenters. The number of amides is 1. The lowest BCUT2D eigenvalue weighted by Crippen LogP contribution is -2.48. The number of carbonyl (C=O) groups excluding carboxylic acids is 1. The number of hydrogen-bond donors (Lipinski definition) is 0. The molecule has 0 bridgehead atoms. The topological polar surface area (TPSA) is 41.4 Å². The maximum absolute atomic E-state index is 12.6. The van der Waals surface area contributed by atoms with E-state index < -0.39 is 0 Å². The summed E-state index contributed by atoms with van der Waals surface area (Å²) in [4.78, 5) is 16.9. The lowest BCUT2D eigenvalue weighted by atomic mass is 10.0. The molecular weight excluding hydrogens is 288 g/mol. The van der Waals surface area contributed by atoms with Gasteiger partial charge in [0.2, 0.25) is 0 Å². The van der Waals surface area contributed by atoms with Gasteiger partial charge in [-0.15, -0.1) is 0 Å². The second kappa shape index (κ2) is 6.96. The first-order chi connectivity index (χ1) is 11.1. The molecule has 1 aromatic heterocycles. The minimum Gasteiger partial charge on any atom is -0.337 e. The lowest BCUT2D eigenvalue weighted by molar-refractivity contribution is 0.0609. The average molecular weight is 312 g/mol. The van der Waals surface area contributed by atoms with E-state index >= 15 is 0 Å². The molecule has 0 aliphatic carbocycles. The van der Waals surface area contributed by atoms with Crippen molar-refractivity contribution in [2.75, 3.05) is 20.1 Å². The van der Waals surface area contributed by atoms with Gasteiger partial charge in [-0.25, -0.2) is 0 Å². The third-order valence-electron chi connectivity index (χ3n) is 4.55. The minimum atomic E-state index is 0.0599. The fourth-order valence-electron chi connectivity index (χ4n) is 3.23. The van der Waals surface area contributed by atoms with Gasteiger partial charge >= 0.3 is 0 Å². The molecule has 23 heavy (non-hydrogen) atoms. The first-order valence-corrected chi connectivity index (χ1v) is 8.15. The van der Waals surface area contributed by atoms with Gasteiger partial charge in [0.05, 0.1) is 11.8 Å². The largest absolute Gasteiger partial charge is 0.337 e. The standard InChI is InChI=1S/C18H24N4O/c1-20-13-16(11-19-20)18(23)21(2)17-9-6-10-22(14-17)12-15-7-4-3-5-8-15/h3-5,7-8,11,13,17H,6,9-10,12,14H2,1-2H3. The Balaban J connectivity index is 1.62. The summed E-state index contributed by atoms with van der Waals surface area (Å²) >= 11 is 0. The Hall–Kier alpha value is -2.14. The van der Waals surface area contributed by atoms with Gasteiger partial charge in [0.15, 0.2) is 0 Å². The number of benzene rings is 1. The Kier molecular flexibility index (Phi) is 4.76. The Morgan fingerprint density at radius 2 is 2.13 bits per heavy atom. The smallest absolute Gasteiger partial charge is 0.257 e. The van der Waals surface area contributed by atoms with Crippen molar-refractivity contribution < 1.29 is 4.79 Å². The predicted molar refractivity (Wildman–Crippen MR) is 90.0 cm³/mol. The molecule has 1 aromatic carbocycles. The van der Waals surface area contributed by atoms with Gasteiger partial charge in [-0.1, -0.05) is 30.3 Å². The van der Waals surface area contributed by atoms with E-state index in [0.717, 1.165) is 32.5 Å². The molecule has 1 aliphatic rings. The van der Waals surface area contributed by atoms with Crippen LogP contribution in [-0.4, -0.2) is 51.7 Å². The van der Waals surface area contributed by atoms with E-state index in [1.807, 2.05) is 25.1 Å². The highest BCUT2D eigenvalue weighted by atomic mass is 16.2. The van der Waals surface area contributed by atoms with Crippen molar-refractivity contribution in [3.63, 3.8) is 0 Å². The Morgan fingerprint density at radius 1 is 1.35 bits per heavy atom. The van der Waals surface area contributed by atoms with Gasteiger partial charge in [0, 0.05) is 39.4 Å². The fraction of sp³-hybridized carbons (Fsp3) is 0.444. The van der Waals surface area contributed by atoms with E-state index in [-0.39, 0.29) is 11.9 Å². The lowest BCUT2D eigenvalue weighted by Gasteiger charge is -2.37. The van der Waals surface area contributed by atoms with E-state index in [2.05, 4.69) is 34.3 Å². The number of hydrogen-bond acceptors (Lipinski definition) is 3. The third kappa shape index (κ3) is 3.79. The Morgan fingerprint density at radius 3 is 2.83 bits per heavy atom. The molecule has 1 saturated heterocycles. The van der Waals surface area contributed by atoms with Crippen LogP contribution in [-0.2, 0) is 13.6 Å². The van der Waals surface area contributed by atoms with Crippen LogP contribution in [0.4, 0.5) is 0 Å². The van der Waals surface area contributed by atoms with Gasteiger partial charge in [-0.05, 0) is 24.9 Å². The number of likely N-dealkylation sites (N-methyl/N-ethyl adjacent to an activating group) is 1. The molecule has 1 unspecified atom stereocenters. The summed E-state index contributed by atoms with van der Waals surface area (Å²) in [6, 6.07) is 10.8. The summed E-state index contributed by atoms with van der Waals surface area (Å²) in [5.74, 6) is 0.0599.